The second kappa shape index (κ2) is 4.59. The largest absolute Gasteiger partial charge is 0.495 e. The SMILES string of the molecule is Cc1cc(C2COC2)ccc1B1OC(C)(C)C(C)(C)O1. The molecule has 3 nitrogen and oxygen atoms in total. The summed E-state index contributed by atoms with van der Waals surface area (Å²) in [6.07, 6.45) is 0. The monoisotopic (exact) mass is 274 g/mol. The van der Waals surface area contributed by atoms with Crippen LogP contribution in [0.4, 0.5) is 0 Å². The number of aryl methyl sites for hydroxylation is 1. The summed E-state index contributed by atoms with van der Waals surface area (Å²) >= 11 is 0. The Morgan fingerprint density at radius 3 is 2.10 bits per heavy atom. The van der Waals surface area contributed by atoms with Crippen molar-refractivity contribution < 1.29 is 14.0 Å². The Hall–Kier alpha value is -0.835. The lowest BCUT2D eigenvalue weighted by Crippen LogP contribution is -2.41. The smallest absolute Gasteiger partial charge is 0.399 e. The van der Waals surface area contributed by atoms with E-state index in [-0.39, 0.29) is 18.3 Å². The Labute approximate surface area is 121 Å². The van der Waals surface area contributed by atoms with E-state index in [4.69, 9.17) is 14.0 Å². The van der Waals surface area contributed by atoms with Crippen LogP contribution < -0.4 is 5.46 Å². The molecule has 0 N–H and O–H groups in total. The van der Waals surface area contributed by atoms with E-state index in [0.29, 0.717) is 5.92 Å². The maximum atomic E-state index is 6.12. The van der Waals surface area contributed by atoms with Gasteiger partial charge in [0.15, 0.2) is 0 Å². The van der Waals surface area contributed by atoms with Crippen LogP contribution in [-0.4, -0.2) is 31.5 Å². The maximum Gasteiger partial charge on any atom is 0.495 e. The van der Waals surface area contributed by atoms with Crippen molar-refractivity contribution in [1.29, 1.82) is 0 Å². The minimum absolute atomic E-state index is 0.272. The van der Waals surface area contributed by atoms with Crippen molar-refractivity contribution in [3.05, 3.63) is 29.3 Å². The summed E-state index contributed by atoms with van der Waals surface area (Å²) in [6.45, 7) is 12.2. The fraction of sp³-hybridized carbons (Fsp3) is 0.625. The first-order chi connectivity index (χ1) is 9.30. The van der Waals surface area contributed by atoms with Crippen molar-refractivity contribution in [2.45, 2.75) is 51.7 Å². The zero-order chi connectivity index (χ0) is 14.5. The van der Waals surface area contributed by atoms with Crippen molar-refractivity contribution >= 4 is 12.6 Å². The van der Waals surface area contributed by atoms with Crippen molar-refractivity contribution in [1.82, 2.24) is 0 Å². The standard InChI is InChI=1S/C16H23BO3/c1-11-8-12(13-9-18-10-13)6-7-14(11)17-19-15(2,3)16(4,5)20-17/h6-8,13H,9-10H2,1-5H3. The summed E-state index contributed by atoms with van der Waals surface area (Å²) in [6, 6.07) is 6.57. The molecule has 2 heterocycles. The average molecular weight is 274 g/mol. The van der Waals surface area contributed by atoms with Crippen molar-refractivity contribution in [2.75, 3.05) is 13.2 Å². The summed E-state index contributed by atoms with van der Waals surface area (Å²) in [5.74, 6) is 0.557. The highest BCUT2D eigenvalue weighted by Crippen LogP contribution is 2.36. The molecule has 0 atom stereocenters. The summed E-state index contributed by atoms with van der Waals surface area (Å²) in [7, 11) is -0.272. The molecule has 1 aromatic rings. The first kappa shape index (κ1) is 14.1. The van der Waals surface area contributed by atoms with Crippen LogP contribution in [0.1, 0.15) is 44.7 Å². The molecule has 0 spiro atoms. The molecule has 0 radical (unpaired) electrons. The molecule has 0 aliphatic carbocycles. The summed E-state index contributed by atoms with van der Waals surface area (Å²) in [5.41, 5.74) is 3.14. The predicted octanol–water partition coefficient (Wildman–Crippen LogP) is 2.41. The van der Waals surface area contributed by atoms with Crippen LogP contribution in [0.25, 0.3) is 0 Å². The molecule has 3 rings (SSSR count). The molecule has 0 amide bonds. The normalized spacial score (nSPS) is 24.8. The van der Waals surface area contributed by atoms with E-state index < -0.39 is 0 Å². The molecule has 4 heteroatoms. The maximum absolute atomic E-state index is 6.12. The molecule has 20 heavy (non-hydrogen) atoms. The molecule has 2 aliphatic rings. The van der Waals surface area contributed by atoms with Crippen molar-refractivity contribution in [3.63, 3.8) is 0 Å². The highest BCUT2D eigenvalue weighted by atomic mass is 16.7. The Balaban J connectivity index is 1.85. The van der Waals surface area contributed by atoms with E-state index in [1.165, 1.54) is 11.1 Å². The van der Waals surface area contributed by atoms with Gasteiger partial charge in [0.25, 0.3) is 0 Å². The third-order valence-electron chi connectivity index (χ3n) is 4.91. The van der Waals surface area contributed by atoms with Crippen LogP contribution in [0.2, 0.25) is 0 Å². The van der Waals surface area contributed by atoms with Gasteiger partial charge >= 0.3 is 7.12 Å². The summed E-state index contributed by atoms with van der Waals surface area (Å²) in [4.78, 5) is 0. The minimum atomic E-state index is -0.287. The van der Waals surface area contributed by atoms with Gasteiger partial charge in [-0.1, -0.05) is 23.8 Å². The molecule has 2 saturated heterocycles. The summed E-state index contributed by atoms with van der Waals surface area (Å²) < 4.78 is 17.5. The Morgan fingerprint density at radius 1 is 1.05 bits per heavy atom. The molecule has 0 unspecified atom stereocenters. The van der Waals surface area contributed by atoms with Crippen LogP contribution in [-0.2, 0) is 14.0 Å². The second-order valence-corrected chi connectivity index (χ2v) is 6.94. The number of ether oxygens (including phenoxy) is 1. The minimum Gasteiger partial charge on any atom is -0.399 e. The van der Waals surface area contributed by atoms with Gasteiger partial charge in [-0.2, -0.15) is 0 Å². The van der Waals surface area contributed by atoms with Gasteiger partial charge in [-0.05, 0) is 45.6 Å². The van der Waals surface area contributed by atoms with Crippen LogP contribution in [0.15, 0.2) is 18.2 Å². The molecular weight excluding hydrogens is 251 g/mol. The topological polar surface area (TPSA) is 27.7 Å². The molecule has 0 bridgehead atoms. The molecular formula is C16H23BO3. The Kier molecular flexibility index (Phi) is 3.24. The van der Waals surface area contributed by atoms with Gasteiger partial charge in [0.05, 0.1) is 24.4 Å². The Bertz CT molecular complexity index is 504. The van der Waals surface area contributed by atoms with Gasteiger partial charge in [0.2, 0.25) is 0 Å². The highest BCUT2D eigenvalue weighted by Gasteiger charge is 2.52. The van der Waals surface area contributed by atoms with E-state index in [0.717, 1.165) is 18.7 Å². The molecule has 1 aromatic carbocycles. The summed E-state index contributed by atoms with van der Waals surface area (Å²) in [5, 5.41) is 0. The third-order valence-corrected chi connectivity index (χ3v) is 4.91. The van der Waals surface area contributed by atoms with Crippen molar-refractivity contribution in [3.8, 4) is 0 Å². The fourth-order valence-corrected chi connectivity index (χ4v) is 2.62. The lowest BCUT2D eigenvalue weighted by atomic mass is 9.75. The number of benzene rings is 1. The first-order valence-corrected chi connectivity index (χ1v) is 7.34. The number of hydrogen-bond donors (Lipinski definition) is 0. The van der Waals surface area contributed by atoms with Gasteiger partial charge in [-0.25, -0.2) is 0 Å². The lowest BCUT2D eigenvalue weighted by Gasteiger charge is -2.32. The van der Waals surface area contributed by atoms with Gasteiger partial charge < -0.3 is 14.0 Å². The van der Waals surface area contributed by atoms with Gasteiger partial charge in [0.1, 0.15) is 0 Å². The van der Waals surface area contributed by atoms with Crippen LogP contribution >= 0.6 is 0 Å². The van der Waals surface area contributed by atoms with Gasteiger partial charge in [-0.3, -0.25) is 0 Å². The molecule has 0 aromatic heterocycles. The van der Waals surface area contributed by atoms with E-state index >= 15 is 0 Å². The van der Waals surface area contributed by atoms with E-state index in [2.05, 4.69) is 52.8 Å². The predicted molar refractivity (Wildman–Crippen MR) is 80.5 cm³/mol. The molecule has 108 valence electrons. The van der Waals surface area contributed by atoms with Gasteiger partial charge in [-0.15, -0.1) is 0 Å². The second-order valence-electron chi connectivity index (χ2n) is 6.94. The molecule has 0 saturated carbocycles. The van der Waals surface area contributed by atoms with Crippen molar-refractivity contribution in [2.24, 2.45) is 0 Å². The van der Waals surface area contributed by atoms with Crippen LogP contribution in [0, 0.1) is 6.92 Å². The van der Waals surface area contributed by atoms with E-state index in [1.807, 2.05) is 0 Å². The average Bonchev–Trinajstić information content (AvgIpc) is 2.45. The number of hydrogen-bond acceptors (Lipinski definition) is 3. The first-order valence-electron chi connectivity index (χ1n) is 7.34. The van der Waals surface area contributed by atoms with Crippen LogP contribution in [0.3, 0.4) is 0 Å². The van der Waals surface area contributed by atoms with Crippen LogP contribution in [0.5, 0.6) is 0 Å². The highest BCUT2D eigenvalue weighted by molar-refractivity contribution is 6.62. The zero-order valence-electron chi connectivity index (χ0n) is 13.0. The number of rotatable bonds is 2. The molecule has 2 aliphatic heterocycles. The lowest BCUT2D eigenvalue weighted by molar-refractivity contribution is 0.00578. The third kappa shape index (κ3) is 2.20. The molecule has 2 fully saturated rings. The fourth-order valence-electron chi connectivity index (χ4n) is 2.62. The quantitative estimate of drug-likeness (QED) is 0.775. The zero-order valence-corrected chi connectivity index (χ0v) is 13.0. The van der Waals surface area contributed by atoms with E-state index in [1.54, 1.807) is 0 Å². The van der Waals surface area contributed by atoms with Gasteiger partial charge in [0, 0.05) is 5.92 Å². The Morgan fingerprint density at radius 2 is 1.65 bits per heavy atom. The van der Waals surface area contributed by atoms with E-state index in [9.17, 15) is 0 Å².